The van der Waals surface area contributed by atoms with Crippen LogP contribution in [0.5, 0.6) is 0 Å². The molecule has 5 heteroatoms. The van der Waals surface area contributed by atoms with Crippen molar-refractivity contribution in [3.63, 3.8) is 0 Å². The number of hydrogen-bond acceptors (Lipinski definition) is 2. The minimum absolute atomic E-state index is 0.0283. The molecular formula is C9H7F3OS. The van der Waals surface area contributed by atoms with Gasteiger partial charge < -0.3 is 0 Å². The molecular weight excluding hydrogens is 213 g/mol. The second-order valence-corrected chi connectivity index (χ2v) is 3.47. The van der Waals surface area contributed by atoms with E-state index in [1.165, 1.54) is 0 Å². The Balaban J connectivity index is 3.14. The molecule has 0 spiro atoms. The van der Waals surface area contributed by atoms with Gasteiger partial charge in [0.15, 0.2) is 5.78 Å². The summed E-state index contributed by atoms with van der Waals surface area (Å²) in [6, 6.07) is 0.993. The standard InChI is InChI=1S/C9H7F3OS/c1-14-4-8(13)9-6(11)2-5(10)3-7(9)12/h2-3H,4H2,1H3. The van der Waals surface area contributed by atoms with Crippen LogP contribution in [0.25, 0.3) is 0 Å². The van der Waals surface area contributed by atoms with Gasteiger partial charge in [-0.3, -0.25) is 4.79 Å². The van der Waals surface area contributed by atoms with Crippen LogP contribution in [0.1, 0.15) is 10.4 Å². The molecule has 1 aromatic carbocycles. The van der Waals surface area contributed by atoms with Crippen LogP contribution in [0.4, 0.5) is 13.2 Å². The van der Waals surface area contributed by atoms with E-state index in [4.69, 9.17) is 0 Å². The molecule has 0 bridgehead atoms. The van der Waals surface area contributed by atoms with E-state index in [-0.39, 0.29) is 5.75 Å². The molecule has 1 rings (SSSR count). The Hall–Kier alpha value is -0.970. The zero-order chi connectivity index (χ0) is 10.7. The van der Waals surface area contributed by atoms with Crippen LogP contribution in [0.2, 0.25) is 0 Å². The first-order valence-corrected chi connectivity index (χ1v) is 5.12. The highest BCUT2D eigenvalue weighted by molar-refractivity contribution is 7.99. The van der Waals surface area contributed by atoms with Gasteiger partial charge in [-0.15, -0.1) is 0 Å². The summed E-state index contributed by atoms with van der Waals surface area (Å²) in [7, 11) is 0. The fraction of sp³-hybridized carbons (Fsp3) is 0.222. The molecule has 1 nitrogen and oxygen atoms in total. The first kappa shape index (κ1) is 11.1. The maximum absolute atomic E-state index is 13.0. The van der Waals surface area contributed by atoms with E-state index in [2.05, 4.69) is 0 Å². The van der Waals surface area contributed by atoms with E-state index in [0.717, 1.165) is 11.8 Å². The summed E-state index contributed by atoms with van der Waals surface area (Å²) in [5.74, 6) is -4.03. The Bertz CT molecular complexity index is 342. The normalized spacial score (nSPS) is 10.3. The zero-order valence-corrected chi connectivity index (χ0v) is 8.13. The molecule has 1 aromatic rings. The quantitative estimate of drug-likeness (QED) is 0.728. The highest BCUT2D eigenvalue weighted by atomic mass is 32.2. The molecule has 0 radical (unpaired) electrons. The molecule has 0 saturated carbocycles. The number of carbonyl (C=O) groups excluding carboxylic acids is 1. The molecule has 0 saturated heterocycles. The molecule has 0 atom stereocenters. The molecule has 0 N–H and O–H groups in total. The van der Waals surface area contributed by atoms with Crippen LogP contribution in [-0.4, -0.2) is 17.8 Å². The van der Waals surface area contributed by atoms with Crippen molar-refractivity contribution in [2.75, 3.05) is 12.0 Å². The van der Waals surface area contributed by atoms with Crippen molar-refractivity contribution in [2.45, 2.75) is 0 Å². The van der Waals surface area contributed by atoms with Gasteiger partial charge >= 0.3 is 0 Å². The van der Waals surface area contributed by atoms with Crippen LogP contribution >= 0.6 is 11.8 Å². The number of ketones is 1. The van der Waals surface area contributed by atoms with E-state index in [1.807, 2.05) is 0 Å². The van der Waals surface area contributed by atoms with Crippen molar-refractivity contribution in [2.24, 2.45) is 0 Å². The molecule has 0 aliphatic rings. The second kappa shape index (κ2) is 4.50. The fourth-order valence-electron chi connectivity index (χ4n) is 1.01. The van der Waals surface area contributed by atoms with Crippen molar-refractivity contribution in [3.8, 4) is 0 Å². The van der Waals surface area contributed by atoms with Gasteiger partial charge in [-0.2, -0.15) is 11.8 Å². The van der Waals surface area contributed by atoms with Crippen molar-refractivity contribution >= 4 is 17.5 Å². The predicted molar refractivity (Wildman–Crippen MR) is 49.0 cm³/mol. The largest absolute Gasteiger partial charge is 0.293 e. The number of thioether (sulfide) groups is 1. The zero-order valence-electron chi connectivity index (χ0n) is 7.31. The molecule has 0 aliphatic carbocycles. The minimum Gasteiger partial charge on any atom is -0.293 e. The van der Waals surface area contributed by atoms with Gasteiger partial charge in [0.25, 0.3) is 0 Å². The third-order valence-electron chi connectivity index (χ3n) is 1.56. The van der Waals surface area contributed by atoms with E-state index >= 15 is 0 Å². The van der Waals surface area contributed by atoms with Gasteiger partial charge in [0.05, 0.1) is 11.3 Å². The van der Waals surface area contributed by atoms with Gasteiger partial charge in [-0.1, -0.05) is 0 Å². The van der Waals surface area contributed by atoms with Crippen molar-refractivity contribution in [3.05, 3.63) is 35.1 Å². The highest BCUT2D eigenvalue weighted by Gasteiger charge is 2.17. The summed E-state index contributed by atoms with van der Waals surface area (Å²) >= 11 is 1.15. The SMILES string of the molecule is CSCC(=O)c1c(F)cc(F)cc1F. The van der Waals surface area contributed by atoms with Crippen LogP contribution in [-0.2, 0) is 0 Å². The van der Waals surface area contributed by atoms with Crippen LogP contribution in [0, 0.1) is 17.5 Å². The second-order valence-electron chi connectivity index (χ2n) is 2.60. The molecule has 0 heterocycles. The number of carbonyl (C=O) groups is 1. The molecule has 14 heavy (non-hydrogen) atoms. The minimum atomic E-state index is -1.15. The lowest BCUT2D eigenvalue weighted by atomic mass is 10.1. The summed E-state index contributed by atoms with van der Waals surface area (Å²) in [4.78, 5) is 11.2. The van der Waals surface area contributed by atoms with Crippen LogP contribution in [0.15, 0.2) is 12.1 Å². The highest BCUT2D eigenvalue weighted by Crippen LogP contribution is 2.16. The summed E-state index contributed by atoms with van der Waals surface area (Å²) in [5.41, 5.74) is -0.666. The number of Topliss-reactive ketones (excluding diaryl/α,β-unsaturated/α-hetero) is 1. The molecule has 0 fully saturated rings. The third-order valence-corrected chi connectivity index (χ3v) is 2.11. The maximum atomic E-state index is 13.0. The number of benzene rings is 1. The van der Waals surface area contributed by atoms with Crippen molar-refractivity contribution < 1.29 is 18.0 Å². The topological polar surface area (TPSA) is 17.1 Å². The Kier molecular flexibility index (Phi) is 3.57. The first-order valence-electron chi connectivity index (χ1n) is 3.73. The third kappa shape index (κ3) is 2.29. The van der Waals surface area contributed by atoms with Crippen molar-refractivity contribution in [1.29, 1.82) is 0 Å². The van der Waals surface area contributed by atoms with E-state index in [0.29, 0.717) is 12.1 Å². The van der Waals surface area contributed by atoms with Crippen LogP contribution < -0.4 is 0 Å². The lowest BCUT2D eigenvalue weighted by molar-refractivity contribution is 0.101. The Morgan fingerprint density at radius 1 is 1.29 bits per heavy atom. The maximum Gasteiger partial charge on any atom is 0.178 e. The smallest absolute Gasteiger partial charge is 0.178 e. The molecule has 0 aliphatic heterocycles. The van der Waals surface area contributed by atoms with Gasteiger partial charge in [0.2, 0.25) is 0 Å². The van der Waals surface area contributed by atoms with Gasteiger partial charge in [-0.25, -0.2) is 13.2 Å². The molecule has 0 aromatic heterocycles. The number of rotatable bonds is 3. The summed E-state index contributed by atoms with van der Waals surface area (Å²) in [5, 5.41) is 0. The fourth-order valence-corrected chi connectivity index (χ4v) is 1.42. The molecule has 0 amide bonds. The molecule has 76 valence electrons. The summed E-state index contributed by atoms with van der Waals surface area (Å²) in [6.45, 7) is 0. The number of hydrogen-bond donors (Lipinski definition) is 0. The van der Waals surface area contributed by atoms with E-state index in [1.54, 1.807) is 6.26 Å². The summed E-state index contributed by atoms with van der Waals surface area (Å²) in [6.07, 6.45) is 1.64. The van der Waals surface area contributed by atoms with Gasteiger partial charge in [0.1, 0.15) is 17.5 Å². The Morgan fingerprint density at radius 2 is 1.79 bits per heavy atom. The average molecular weight is 220 g/mol. The predicted octanol–water partition coefficient (Wildman–Crippen LogP) is 2.65. The van der Waals surface area contributed by atoms with Gasteiger partial charge in [0, 0.05) is 12.1 Å². The average Bonchev–Trinajstić information content (AvgIpc) is 2.01. The van der Waals surface area contributed by atoms with Crippen LogP contribution in [0.3, 0.4) is 0 Å². The lowest BCUT2D eigenvalue weighted by Gasteiger charge is -2.02. The van der Waals surface area contributed by atoms with Crippen molar-refractivity contribution in [1.82, 2.24) is 0 Å². The van der Waals surface area contributed by atoms with E-state index in [9.17, 15) is 18.0 Å². The monoisotopic (exact) mass is 220 g/mol. The summed E-state index contributed by atoms with van der Waals surface area (Å²) < 4.78 is 38.4. The first-order chi connectivity index (χ1) is 6.56. The number of halogens is 3. The van der Waals surface area contributed by atoms with Gasteiger partial charge in [-0.05, 0) is 6.26 Å². The Morgan fingerprint density at radius 3 is 2.21 bits per heavy atom. The molecule has 0 unspecified atom stereocenters. The Labute approximate surface area is 83.3 Å². The lowest BCUT2D eigenvalue weighted by Crippen LogP contribution is -2.08. The van der Waals surface area contributed by atoms with E-state index < -0.39 is 28.8 Å².